The van der Waals surface area contributed by atoms with Crippen LogP contribution in [-0.4, -0.2) is 48.8 Å². The minimum absolute atomic E-state index is 0.0183. The molecular weight excluding hydrogens is 480 g/mol. The summed E-state index contributed by atoms with van der Waals surface area (Å²) >= 11 is 5.94. The minimum atomic E-state index is -4.67. The lowest BCUT2D eigenvalue weighted by atomic mass is 9.93. The molecule has 1 saturated heterocycles. The first-order valence-corrected chi connectivity index (χ1v) is 9.56. The highest BCUT2D eigenvalue weighted by Gasteiger charge is 2.39. The van der Waals surface area contributed by atoms with Gasteiger partial charge in [0.25, 0.3) is 5.91 Å². The van der Waals surface area contributed by atoms with E-state index in [0.717, 1.165) is 25.3 Å². The van der Waals surface area contributed by atoms with E-state index in [1.807, 2.05) is 0 Å². The molecule has 0 unspecified atom stereocenters. The molecule has 0 bridgehead atoms. The third kappa shape index (κ3) is 5.24. The number of nitrogens with zero attached hydrogens (tertiary/aromatic N) is 3. The maximum Gasteiger partial charge on any atom is 0.422 e. The maximum absolute atomic E-state index is 13.0. The van der Waals surface area contributed by atoms with Crippen LogP contribution in [0.2, 0.25) is 5.02 Å². The molecule has 0 N–H and O–H groups in total. The predicted octanol–water partition coefficient (Wildman–Crippen LogP) is 4.81. The number of ether oxygens (including phenoxy) is 2. The Bertz CT molecular complexity index is 1110. The molecule has 176 valence electrons. The number of likely N-dealkylation sites (tertiary alicyclic amines) is 1. The molecule has 13 heteroatoms. The van der Waals surface area contributed by atoms with E-state index in [4.69, 9.17) is 21.1 Å². The topological polar surface area (TPSA) is 75.5 Å². The number of carbonyl (C=O) groups excluding carboxylic acids is 1. The lowest BCUT2D eigenvalue weighted by Gasteiger charge is -2.39. The third-order valence-electron chi connectivity index (χ3n) is 4.80. The number of amides is 1. The Balaban J connectivity index is 1.84. The van der Waals surface area contributed by atoms with Crippen molar-refractivity contribution in [2.75, 3.05) is 26.8 Å². The number of nitriles is 1. The Hall–Kier alpha value is -3.20. The van der Waals surface area contributed by atoms with Crippen LogP contribution in [0.15, 0.2) is 24.4 Å². The maximum atomic E-state index is 13.0. The number of hydrogen-bond acceptors (Lipinski definition) is 5. The molecule has 0 aliphatic carbocycles. The van der Waals surface area contributed by atoms with E-state index in [1.54, 1.807) is 6.07 Å². The van der Waals surface area contributed by atoms with Crippen molar-refractivity contribution in [2.45, 2.75) is 18.3 Å². The molecule has 0 saturated carbocycles. The van der Waals surface area contributed by atoms with Crippen LogP contribution in [0.5, 0.6) is 11.5 Å². The zero-order chi connectivity index (χ0) is 24.6. The van der Waals surface area contributed by atoms with E-state index in [-0.39, 0.29) is 40.7 Å². The summed E-state index contributed by atoms with van der Waals surface area (Å²) < 4.78 is 86.1. The number of rotatable bonds is 5. The van der Waals surface area contributed by atoms with Gasteiger partial charge in [-0.25, -0.2) is 0 Å². The van der Waals surface area contributed by atoms with Crippen molar-refractivity contribution < 1.29 is 40.6 Å². The molecule has 3 rings (SSSR count). The van der Waals surface area contributed by atoms with Gasteiger partial charge in [-0.1, -0.05) is 11.6 Å². The predicted molar refractivity (Wildman–Crippen MR) is 102 cm³/mol. The second kappa shape index (κ2) is 8.97. The number of hydrogen-bond donors (Lipinski definition) is 0. The molecule has 33 heavy (non-hydrogen) atoms. The smallest absolute Gasteiger partial charge is 0.422 e. The molecule has 1 fully saturated rings. The summed E-state index contributed by atoms with van der Waals surface area (Å²) in [5.74, 6) is -1.95. The Kier molecular flexibility index (Phi) is 6.65. The fraction of sp³-hybridized carbons (Fsp3) is 0.350. The monoisotopic (exact) mass is 493 g/mol. The summed E-state index contributed by atoms with van der Waals surface area (Å²) in [7, 11) is 1.14. The first-order chi connectivity index (χ1) is 15.4. The Labute approximate surface area is 188 Å². The normalized spacial score (nSPS) is 14.5. The lowest BCUT2D eigenvalue weighted by Crippen LogP contribution is -2.49. The summed E-state index contributed by atoms with van der Waals surface area (Å²) in [5, 5.41) is 9.02. The summed E-state index contributed by atoms with van der Waals surface area (Å²) in [5.41, 5.74) is -1.33. The number of methoxy groups -OCH3 is 1. The van der Waals surface area contributed by atoms with E-state index >= 15 is 0 Å². The number of alkyl halides is 6. The van der Waals surface area contributed by atoms with Crippen molar-refractivity contribution in [3.05, 3.63) is 51.8 Å². The Morgan fingerprint density at radius 1 is 1.27 bits per heavy atom. The number of pyridine rings is 1. The summed E-state index contributed by atoms with van der Waals surface area (Å²) in [6.45, 7) is -1.71. The van der Waals surface area contributed by atoms with Crippen molar-refractivity contribution >= 4 is 17.5 Å². The highest BCUT2D eigenvalue weighted by atomic mass is 35.5. The van der Waals surface area contributed by atoms with Crippen molar-refractivity contribution in [1.29, 1.82) is 5.26 Å². The molecule has 0 radical (unpaired) electrons. The van der Waals surface area contributed by atoms with Gasteiger partial charge in [-0.05, 0) is 18.2 Å². The van der Waals surface area contributed by atoms with Crippen LogP contribution < -0.4 is 9.47 Å². The van der Waals surface area contributed by atoms with Crippen molar-refractivity contribution in [3.63, 3.8) is 0 Å². The molecule has 0 atom stereocenters. The van der Waals surface area contributed by atoms with Crippen LogP contribution in [0.4, 0.5) is 26.3 Å². The molecule has 2 aromatic rings. The van der Waals surface area contributed by atoms with Crippen LogP contribution in [0.1, 0.15) is 33.1 Å². The van der Waals surface area contributed by atoms with Gasteiger partial charge in [-0.2, -0.15) is 31.6 Å². The molecule has 1 aromatic carbocycles. The number of benzene rings is 1. The third-order valence-corrected chi connectivity index (χ3v) is 5.10. The minimum Gasteiger partial charge on any atom is -0.494 e. The van der Waals surface area contributed by atoms with Gasteiger partial charge in [0, 0.05) is 25.2 Å². The van der Waals surface area contributed by atoms with Gasteiger partial charge in [0.1, 0.15) is 17.4 Å². The van der Waals surface area contributed by atoms with E-state index in [9.17, 15) is 36.4 Å². The molecule has 2 heterocycles. The van der Waals surface area contributed by atoms with Crippen molar-refractivity contribution in [1.82, 2.24) is 9.88 Å². The van der Waals surface area contributed by atoms with E-state index in [0.29, 0.717) is 6.20 Å². The summed E-state index contributed by atoms with van der Waals surface area (Å²) in [6.07, 6.45) is -8.66. The van der Waals surface area contributed by atoms with Crippen LogP contribution in [0, 0.1) is 11.3 Å². The first-order valence-electron chi connectivity index (χ1n) is 9.18. The second-order valence-corrected chi connectivity index (χ2v) is 7.44. The molecule has 0 spiro atoms. The number of halogens is 7. The van der Waals surface area contributed by atoms with Crippen LogP contribution in [-0.2, 0) is 6.18 Å². The Morgan fingerprint density at radius 3 is 2.45 bits per heavy atom. The highest BCUT2D eigenvalue weighted by Crippen LogP contribution is 2.39. The average molecular weight is 494 g/mol. The lowest BCUT2D eigenvalue weighted by molar-refractivity contribution is -0.153. The summed E-state index contributed by atoms with van der Waals surface area (Å²) in [6, 6.07) is 4.74. The number of carbonyl (C=O) groups is 1. The van der Waals surface area contributed by atoms with Gasteiger partial charge >= 0.3 is 12.4 Å². The standard InChI is InChI=1S/C20H14ClF6N3O3/c1-32-17-10(5-28)2-3-14(33-9-19(22,23)24)15(17)18(31)30-7-11(8-30)16-13(21)4-12(6-29-16)20(25,26)27/h2-4,6,11H,7-9H2,1H3. The van der Waals surface area contributed by atoms with Crippen LogP contribution >= 0.6 is 11.6 Å². The quantitative estimate of drug-likeness (QED) is 0.559. The van der Waals surface area contributed by atoms with Gasteiger partial charge in [0.15, 0.2) is 12.4 Å². The van der Waals surface area contributed by atoms with E-state index in [2.05, 4.69) is 4.98 Å². The largest absolute Gasteiger partial charge is 0.494 e. The van der Waals surface area contributed by atoms with Crippen LogP contribution in [0.3, 0.4) is 0 Å². The SMILES string of the molecule is COc1c(C#N)ccc(OCC(F)(F)F)c1C(=O)N1CC(c2ncc(C(F)(F)F)cc2Cl)C1. The number of aromatic nitrogens is 1. The van der Waals surface area contributed by atoms with Gasteiger partial charge in [-0.3, -0.25) is 9.78 Å². The van der Waals surface area contributed by atoms with Gasteiger partial charge < -0.3 is 14.4 Å². The summed E-state index contributed by atoms with van der Waals surface area (Å²) in [4.78, 5) is 18.0. The molecule has 1 aliphatic heterocycles. The zero-order valence-corrected chi connectivity index (χ0v) is 17.5. The van der Waals surface area contributed by atoms with Crippen molar-refractivity contribution in [2.24, 2.45) is 0 Å². The Morgan fingerprint density at radius 2 is 1.94 bits per heavy atom. The fourth-order valence-electron chi connectivity index (χ4n) is 3.23. The van der Waals surface area contributed by atoms with E-state index in [1.165, 1.54) is 4.90 Å². The van der Waals surface area contributed by atoms with Crippen LogP contribution in [0.25, 0.3) is 0 Å². The first kappa shape index (κ1) is 24.4. The highest BCUT2D eigenvalue weighted by molar-refractivity contribution is 6.31. The molecule has 1 amide bonds. The molecular formula is C20H14ClF6N3O3. The molecule has 1 aromatic heterocycles. The molecule has 6 nitrogen and oxygen atoms in total. The van der Waals surface area contributed by atoms with Gasteiger partial charge in [-0.15, -0.1) is 0 Å². The second-order valence-electron chi connectivity index (χ2n) is 7.03. The van der Waals surface area contributed by atoms with Crippen molar-refractivity contribution in [3.8, 4) is 17.6 Å². The zero-order valence-electron chi connectivity index (χ0n) is 16.7. The fourth-order valence-corrected chi connectivity index (χ4v) is 3.55. The van der Waals surface area contributed by atoms with Gasteiger partial charge in [0.2, 0.25) is 0 Å². The average Bonchev–Trinajstić information content (AvgIpc) is 2.69. The van der Waals surface area contributed by atoms with Gasteiger partial charge in [0.05, 0.1) is 29.0 Å². The molecule has 1 aliphatic rings. The van der Waals surface area contributed by atoms with E-state index < -0.39 is 42.1 Å².